The van der Waals surface area contributed by atoms with Gasteiger partial charge in [-0.05, 0) is 24.6 Å². The topological polar surface area (TPSA) is 98.7 Å². The van der Waals surface area contributed by atoms with Crippen LogP contribution in [0.2, 0.25) is 0 Å². The maximum absolute atomic E-state index is 11.3. The van der Waals surface area contributed by atoms with Gasteiger partial charge in [-0.1, -0.05) is 0 Å². The third-order valence-corrected chi connectivity index (χ3v) is 2.99. The quantitative estimate of drug-likeness (QED) is 0.757. The average Bonchev–Trinajstić information content (AvgIpc) is 3.12. The SMILES string of the molecule is Cc1c(-n2cnnc2)cc(C(=O)O)cc1-n1cnnc1. The number of carbonyl (C=O) groups is 1. The Bertz CT molecular complexity index is 693. The Morgan fingerprint density at radius 2 is 1.35 bits per heavy atom. The fourth-order valence-corrected chi connectivity index (χ4v) is 1.99. The van der Waals surface area contributed by atoms with Crippen LogP contribution in [0.15, 0.2) is 37.4 Å². The highest BCUT2D eigenvalue weighted by atomic mass is 16.4. The van der Waals surface area contributed by atoms with E-state index in [1.54, 1.807) is 21.3 Å². The molecule has 0 saturated heterocycles. The van der Waals surface area contributed by atoms with Crippen LogP contribution in [-0.4, -0.2) is 40.6 Å². The number of carboxylic acids is 1. The summed E-state index contributed by atoms with van der Waals surface area (Å²) in [6, 6.07) is 3.16. The summed E-state index contributed by atoms with van der Waals surface area (Å²) in [6.45, 7) is 1.89. The fourth-order valence-electron chi connectivity index (χ4n) is 1.99. The van der Waals surface area contributed by atoms with Crippen molar-refractivity contribution in [2.45, 2.75) is 6.92 Å². The smallest absolute Gasteiger partial charge is 0.335 e. The summed E-state index contributed by atoms with van der Waals surface area (Å²) in [7, 11) is 0. The first-order chi connectivity index (χ1) is 9.66. The Morgan fingerprint density at radius 1 is 0.950 bits per heavy atom. The molecule has 0 aliphatic carbocycles. The molecule has 0 aliphatic rings. The van der Waals surface area contributed by atoms with Crippen molar-refractivity contribution in [3.63, 3.8) is 0 Å². The highest BCUT2D eigenvalue weighted by molar-refractivity contribution is 5.89. The third kappa shape index (κ3) is 1.92. The largest absolute Gasteiger partial charge is 0.478 e. The molecule has 3 rings (SSSR count). The molecule has 1 aromatic carbocycles. The van der Waals surface area contributed by atoms with Gasteiger partial charge in [0.25, 0.3) is 0 Å². The summed E-state index contributed by atoms with van der Waals surface area (Å²) in [5.41, 5.74) is 2.43. The van der Waals surface area contributed by atoms with Crippen LogP contribution in [0, 0.1) is 6.92 Å². The number of hydrogen-bond donors (Lipinski definition) is 1. The van der Waals surface area contributed by atoms with Gasteiger partial charge in [0.05, 0.1) is 16.9 Å². The van der Waals surface area contributed by atoms with Gasteiger partial charge in [0, 0.05) is 0 Å². The van der Waals surface area contributed by atoms with E-state index in [0.29, 0.717) is 11.4 Å². The lowest BCUT2D eigenvalue weighted by Crippen LogP contribution is -2.06. The summed E-state index contributed by atoms with van der Waals surface area (Å²) < 4.78 is 3.32. The predicted octanol–water partition coefficient (Wildman–Crippen LogP) is 0.855. The number of aromatic carboxylic acids is 1. The molecule has 0 atom stereocenters. The second-order valence-corrected chi connectivity index (χ2v) is 4.18. The van der Waals surface area contributed by atoms with E-state index >= 15 is 0 Å². The summed E-state index contributed by atoms with van der Waals surface area (Å²) in [4.78, 5) is 11.3. The lowest BCUT2D eigenvalue weighted by molar-refractivity contribution is 0.0697. The second kappa shape index (κ2) is 4.57. The molecule has 0 unspecified atom stereocenters. The summed E-state index contributed by atoms with van der Waals surface area (Å²) in [5.74, 6) is -1.01. The van der Waals surface area contributed by atoms with Crippen LogP contribution in [0.5, 0.6) is 0 Å². The van der Waals surface area contributed by atoms with Crippen LogP contribution in [0.3, 0.4) is 0 Å². The molecule has 0 aliphatic heterocycles. The Labute approximate surface area is 113 Å². The molecule has 8 heteroatoms. The predicted molar refractivity (Wildman–Crippen MR) is 68.0 cm³/mol. The number of hydrogen-bond acceptors (Lipinski definition) is 5. The van der Waals surface area contributed by atoms with Crippen molar-refractivity contribution in [3.8, 4) is 11.4 Å². The molecule has 2 aromatic heterocycles. The molecule has 1 N–H and O–H groups in total. The minimum absolute atomic E-state index is 0.169. The molecule has 0 bridgehead atoms. The van der Waals surface area contributed by atoms with Gasteiger partial charge in [-0.3, -0.25) is 9.13 Å². The van der Waals surface area contributed by atoms with Crippen molar-refractivity contribution in [1.29, 1.82) is 0 Å². The maximum atomic E-state index is 11.3. The zero-order chi connectivity index (χ0) is 14.1. The van der Waals surface area contributed by atoms with E-state index in [-0.39, 0.29) is 5.56 Å². The van der Waals surface area contributed by atoms with Gasteiger partial charge in [0.15, 0.2) is 0 Å². The molecule has 20 heavy (non-hydrogen) atoms. The lowest BCUT2D eigenvalue weighted by Gasteiger charge is -2.13. The van der Waals surface area contributed by atoms with Crippen molar-refractivity contribution in [3.05, 3.63) is 48.6 Å². The molecule has 0 amide bonds. The monoisotopic (exact) mass is 270 g/mol. The third-order valence-electron chi connectivity index (χ3n) is 2.99. The summed E-state index contributed by atoms with van der Waals surface area (Å²) in [5, 5.41) is 24.2. The van der Waals surface area contributed by atoms with Gasteiger partial charge in [0.1, 0.15) is 25.3 Å². The van der Waals surface area contributed by atoms with Gasteiger partial charge >= 0.3 is 5.97 Å². The van der Waals surface area contributed by atoms with E-state index < -0.39 is 5.97 Å². The van der Waals surface area contributed by atoms with Crippen LogP contribution in [0.25, 0.3) is 11.4 Å². The van der Waals surface area contributed by atoms with E-state index in [0.717, 1.165) is 5.56 Å². The van der Waals surface area contributed by atoms with Crippen molar-refractivity contribution in [1.82, 2.24) is 29.5 Å². The van der Waals surface area contributed by atoms with Crippen molar-refractivity contribution in [2.75, 3.05) is 0 Å². The van der Waals surface area contributed by atoms with E-state index in [1.807, 2.05) is 6.92 Å². The molecule has 3 aromatic rings. The van der Waals surface area contributed by atoms with Crippen molar-refractivity contribution < 1.29 is 9.90 Å². The number of benzene rings is 1. The number of nitrogens with zero attached hydrogens (tertiary/aromatic N) is 6. The van der Waals surface area contributed by atoms with E-state index in [4.69, 9.17) is 0 Å². The van der Waals surface area contributed by atoms with Crippen LogP contribution >= 0.6 is 0 Å². The van der Waals surface area contributed by atoms with Gasteiger partial charge in [-0.15, -0.1) is 20.4 Å². The number of carboxylic acid groups (broad SMARTS) is 1. The number of aromatic nitrogens is 6. The molecule has 0 spiro atoms. The molecule has 0 saturated carbocycles. The average molecular weight is 270 g/mol. The highest BCUT2D eigenvalue weighted by Gasteiger charge is 2.14. The van der Waals surface area contributed by atoms with Crippen molar-refractivity contribution >= 4 is 5.97 Å². The van der Waals surface area contributed by atoms with Crippen molar-refractivity contribution in [2.24, 2.45) is 0 Å². The molecule has 0 fully saturated rings. The molecular weight excluding hydrogens is 260 g/mol. The van der Waals surface area contributed by atoms with Gasteiger partial charge in [0.2, 0.25) is 0 Å². The van der Waals surface area contributed by atoms with E-state index in [9.17, 15) is 9.90 Å². The first-order valence-corrected chi connectivity index (χ1v) is 5.75. The Balaban J connectivity index is 2.27. The standard InChI is InChI=1S/C12H10N6O2/c1-8-10(17-4-13-14-5-17)2-9(12(19)20)3-11(8)18-6-15-16-7-18/h2-7H,1H3,(H,19,20). The fraction of sp³-hybridized carbons (Fsp3) is 0.0833. The van der Waals surface area contributed by atoms with Crippen LogP contribution < -0.4 is 0 Å². The second-order valence-electron chi connectivity index (χ2n) is 4.18. The minimum atomic E-state index is -1.01. The van der Waals surface area contributed by atoms with Crippen LogP contribution in [0.4, 0.5) is 0 Å². The van der Waals surface area contributed by atoms with E-state index in [2.05, 4.69) is 20.4 Å². The molecular formula is C12H10N6O2. The summed E-state index contributed by atoms with van der Waals surface area (Å²) >= 11 is 0. The summed E-state index contributed by atoms with van der Waals surface area (Å²) in [6.07, 6.45) is 6.07. The Kier molecular flexibility index (Phi) is 2.75. The maximum Gasteiger partial charge on any atom is 0.335 e. The van der Waals surface area contributed by atoms with Gasteiger partial charge in [-0.25, -0.2) is 4.79 Å². The first kappa shape index (κ1) is 12.0. The zero-order valence-corrected chi connectivity index (χ0v) is 10.5. The van der Waals surface area contributed by atoms with E-state index in [1.165, 1.54) is 25.3 Å². The van der Waals surface area contributed by atoms with Crippen LogP contribution in [0.1, 0.15) is 15.9 Å². The molecule has 2 heterocycles. The zero-order valence-electron chi connectivity index (χ0n) is 10.5. The highest BCUT2D eigenvalue weighted by Crippen LogP contribution is 2.23. The molecule has 100 valence electrons. The minimum Gasteiger partial charge on any atom is -0.478 e. The lowest BCUT2D eigenvalue weighted by atomic mass is 10.1. The number of rotatable bonds is 3. The Morgan fingerprint density at radius 3 is 1.70 bits per heavy atom. The normalized spacial score (nSPS) is 10.7. The molecule has 0 radical (unpaired) electrons. The van der Waals surface area contributed by atoms with Crippen LogP contribution in [-0.2, 0) is 0 Å². The Hall–Kier alpha value is -3.03. The first-order valence-electron chi connectivity index (χ1n) is 5.75. The van der Waals surface area contributed by atoms with Gasteiger partial charge in [-0.2, -0.15) is 0 Å². The molecule has 8 nitrogen and oxygen atoms in total. The van der Waals surface area contributed by atoms with Gasteiger partial charge < -0.3 is 5.11 Å².